The van der Waals surface area contributed by atoms with E-state index in [1.54, 1.807) is 51.1 Å². The molecule has 2 aromatic rings. The second-order valence-corrected chi connectivity index (χ2v) is 10.7. The van der Waals surface area contributed by atoms with Crippen molar-refractivity contribution in [3.8, 4) is 5.75 Å². The lowest BCUT2D eigenvalue weighted by molar-refractivity contribution is -0.149. The molecule has 1 aliphatic heterocycles. The van der Waals surface area contributed by atoms with Crippen LogP contribution < -0.4 is 20.9 Å². The van der Waals surface area contributed by atoms with Crippen molar-refractivity contribution in [2.75, 3.05) is 6.61 Å². The van der Waals surface area contributed by atoms with E-state index < -0.39 is 61.5 Å². The Hall–Kier alpha value is -2.79. The second-order valence-electron chi connectivity index (χ2n) is 9.02. The topological polar surface area (TPSA) is 138 Å². The molecular formula is C23H31FN3O8P. The number of nitrogens with zero attached hydrogens (tertiary/aromatic N) is 1. The molecule has 0 bridgehead atoms. The van der Waals surface area contributed by atoms with Crippen LogP contribution in [-0.4, -0.2) is 46.0 Å². The molecule has 36 heavy (non-hydrogen) atoms. The highest BCUT2D eigenvalue weighted by Gasteiger charge is 2.54. The van der Waals surface area contributed by atoms with Gasteiger partial charge in [-0.3, -0.25) is 23.7 Å². The normalized spacial score (nSPS) is 26.4. The molecule has 0 spiro atoms. The zero-order valence-corrected chi connectivity index (χ0v) is 21.6. The van der Waals surface area contributed by atoms with Crippen molar-refractivity contribution >= 4 is 13.7 Å². The molecule has 0 aliphatic carbocycles. The first-order chi connectivity index (χ1) is 16.8. The van der Waals surface area contributed by atoms with Gasteiger partial charge in [-0.25, -0.2) is 13.8 Å². The van der Waals surface area contributed by atoms with Crippen LogP contribution >= 0.6 is 7.75 Å². The Morgan fingerprint density at radius 2 is 1.92 bits per heavy atom. The molecule has 1 fully saturated rings. The number of benzene rings is 1. The molecule has 1 aromatic heterocycles. The number of ether oxygens (including phenoxy) is 2. The minimum absolute atomic E-state index is 0.214. The van der Waals surface area contributed by atoms with Crippen molar-refractivity contribution in [3.05, 3.63) is 63.4 Å². The SMILES string of the molecule is CC(C)OC(=O)[C@H](C)NP(=O)(OC[C@H]1O[C@@H](n2ccc(=O)[nH]c2=O)[C@](C)(F)[C@@H]1C)Oc1ccccc1. The minimum Gasteiger partial charge on any atom is -0.462 e. The monoisotopic (exact) mass is 527 g/mol. The maximum Gasteiger partial charge on any atom is 0.459 e. The minimum atomic E-state index is -4.19. The molecule has 198 valence electrons. The van der Waals surface area contributed by atoms with Crippen molar-refractivity contribution in [1.82, 2.24) is 14.6 Å². The highest BCUT2D eigenvalue weighted by Crippen LogP contribution is 2.49. The van der Waals surface area contributed by atoms with Gasteiger partial charge in [0.2, 0.25) is 0 Å². The summed E-state index contributed by atoms with van der Waals surface area (Å²) in [7, 11) is -4.19. The number of aromatic amines is 1. The van der Waals surface area contributed by atoms with Crippen LogP contribution in [0.4, 0.5) is 4.39 Å². The quantitative estimate of drug-likeness (QED) is 0.353. The van der Waals surface area contributed by atoms with E-state index in [9.17, 15) is 18.9 Å². The number of nitrogens with one attached hydrogen (secondary N) is 2. The van der Waals surface area contributed by atoms with E-state index in [0.29, 0.717) is 0 Å². The number of rotatable bonds is 10. The van der Waals surface area contributed by atoms with Gasteiger partial charge in [-0.1, -0.05) is 25.1 Å². The van der Waals surface area contributed by atoms with Crippen LogP contribution in [-0.2, 0) is 23.4 Å². The number of hydrogen-bond acceptors (Lipinski definition) is 8. The molecule has 0 radical (unpaired) electrons. The third kappa shape index (κ3) is 6.50. The van der Waals surface area contributed by atoms with E-state index in [0.717, 1.165) is 16.8 Å². The summed E-state index contributed by atoms with van der Waals surface area (Å²) in [4.78, 5) is 38.0. The Bertz CT molecular complexity index is 1220. The van der Waals surface area contributed by atoms with Gasteiger partial charge in [0.1, 0.15) is 11.8 Å². The first kappa shape index (κ1) is 27.8. The molecule has 13 heteroatoms. The van der Waals surface area contributed by atoms with Gasteiger partial charge in [-0.05, 0) is 39.8 Å². The van der Waals surface area contributed by atoms with Crippen molar-refractivity contribution in [2.24, 2.45) is 5.92 Å². The number of aromatic nitrogens is 2. The second kappa shape index (κ2) is 11.1. The predicted octanol–water partition coefficient (Wildman–Crippen LogP) is 2.93. The highest BCUT2D eigenvalue weighted by molar-refractivity contribution is 7.52. The van der Waals surface area contributed by atoms with Gasteiger partial charge in [0.25, 0.3) is 5.56 Å². The van der Waals surface area contributed by atoms with Crippen molar-refractivity contribution in [3.63, 3.8) is 0 Å². The number of carbonyl (C=O) groups excluding carboxylic acids is 1. The first-order valence-corrected chi connectivity index (χ1v) is 13.0. The fourth-order valence-electron chi connectivity index (χ4n) is 3.64. The third-order valence-corrected chi connectivity index (χ3v) is 7.42. The van der Waals surface area contributed by atoms with E-state index >= 15 is 4.39 Å². The number of esters is 1. The number of alkyl halides is 1. The van der Waals surface area contributed by atoms with Gasteiger partial charge in [-0.2, -0.15) is 5.09 Å². The zero-order chi connectivity index (χ0) is 26.7. The lowest BCUT2D eigenvalue weighted by Gasteiger charge is -2.26. The predicted molar refractivity (Wildman–Crippen MR) is 128 cm³/mol. The van der Waals surface area contributed by atoms with E-state index in [1.807, 2.05) is 0 Å². The molecular weight excluding hydrogens is 496 g/mol. The van der Waals surface area contributed by atoms with Crippen molar-refractivity contribution in [2.45, 2.75) is 64.8 Å². The maximum absolute atomic E-state index is 15.7. The van der Waals surface area contributed by atoms with Crippen LogP contribution in [0.25, 0.3) is 0 Å². The average Bonchev–Trinajstić information content (AvgIpc) is 3.01. The fourth-order valence-corrected chi connectivity index (χ4v) is 5.15. The van der Waals surface area contributed by atoms with Crippen molar-refractivity contribution < 1.29 is 32.3 Å². The van der Waals surface area contributed by atoms with Gasteiger partial charge < -0.3 is 14.0 Å². The van der Waals surface area contributed by atoms with Crippen LogP contribution in [0.2, 0.25) is 0 Å². The Morgan fingerprint density at radius 1 is 1.25 bits per heavy atom. The van der Waals surface area contributed by atoms with Crippen LogP contribution in [0.1, 0.15) is 40.8 Å². The molecule has 2 N–H and O–H groups in total. The summed E-state index contributed by atoms with van der Waals surface area (Å²) in [6.07, 6.45) is -1.56. The summed E-state index contributed by atoms with van der Waals surface area (Å²) < 4.78 is 52.4. The average molecular weight is 527 g/mol. The van der Waals surface area contributed by atoms with Crippen LogP contribution in [0.3, 0.4) is 0 Å². The summed E-state index contributed by atoms with van der Waals surface area (Å²) in [6, 6.07) is 8.21. The molecule has 2 heterocycles. The van der Waals surface area contributed by atoms with Gasteiger partial charge in [-0.15, -0.1) is 0 Å². The Balaban J connectivity index is 1.80. The molecule has 3 rings (SSSR count). The highest BCUT2D eigenvalue weighted by atomic mass is 31.2. The molecule has 0 amide bonds. The number of H-pyrrole nitrogens is 1. The molecule has 0 saturated carbocycles. The standard InChI is InChI=1S/C23H31FN3O8P/c1-14(2)33-20(29)16(4)26-36(31,35-17-9-7-6-8-10-17)32-13-18-15(3)23(5,24)21(34-18)27-12-11-19(28)25-22(27)30/h6-12,14-16,18,21H,13H2,1-5H3,(H,26,31)(H,25,28,30)/t15-,16+,18-,21-,23-,36?/m1/s1. The number of hydrogen-bond donors (Lipinski definition) is 2. The Morgan fingerprint density at radius 3 is 2.53 bits per heavy atom. The van der Waals surface area contributed by atoms with Gasteiger partial charge in [0.15, 0.2) is 11.9 Å². The van der Waals surface area contributed by atoms with Crippen molar-refractivity contribution in [1.29, 1.82) is 0 Å². The molecule has 1 saturated heterocycles. The van der Waals surface area contributed by atoms with Crippen LogP contribution in [0.15, 0.2) is 52.2 Å². The maximum atomic E-state index is 15.7. The number of halogens is 1. The Kier molecular flexibility index (Phi) is 8.55. The van der Waals surface area contributed by atoms with Crippen LogP contribution in [0, 0.1) is 5.92 Å². The van der Waals surface area contributed by atoms with E-state index in [-0.39, 0.29) is 11.9 Å². The molecule has 1 aliphatic rings. The largest absolute Gasteiger partial charge is 0.462 e. The lowest BCUT2D eigenvalue weighted by atomic mass is 9.90. The zero-order valence-electron chi connectivity index (χ0n) is 20.7. The molecule has 1 aromatic carbocycles. The number of para-hydroxylation sites is 1. The molecule has 6 atom stereocenters. The summed E-state index contributed by atoms with van der Waals surface area (Å²) in [6.45, 7) is 7.24. The molecule has 11 nitrogen and oxygen atoms in total. The van der Waals surface area contributed by atoms with Crippen LogP contribution in [0.5, 0.6) is 5.75 Å². The van der Waals surface area contributed by atoms with Gasteiger partial charge in [0, 0.05) is 18.2 Å². The first-order valence-electron chi connectivity index (χ1n) is 11.5. The smallest absolute Gasteiger partial charge is 0.459 e. The van der Waals surface area contributed by atoms with E-state index in [4.69, 9.17) is 18.5 Å². The van der Waals surface area contributed by atoms with E-state index in [2.05, 4.69) is 10.1 Å². The number of carbonyl (C=O) groups is 1. The Labute approximate surface area is 207 Å². The van der Waals surface area contributed by atoms with E-state index in [1.165, 1.54) is 13.8 Å². The summed E-state index contributed by atoms with van der Waals surface area (Å²) >= 11 is 0. The lowest BCUT2D eigenvalue weighted by Crippen LogP contribution is -2.40. The van der Waals surface area contributed by atoms with Gasteiger partial charge in [0.05, 0.1) is 18.8 Å². The summed E-state index contributed by atoms with van der Waals surface area (Å²) in [5.41, 5.74) is -3.50. The summed E-state index contributed by atoms with van der Waals surface area (Å²) in [5.74, 6) is -1.26. The van der Waals surface area contributed by atoms with Gasteiger partial charge >= 0.3 is 19.4 Å². The molecule has 1 unspecified atom stereocenters. The summed E-state index contributed by atoms with van der Waals surface area (Å²) in [5, 5.41) is 2.56. The third-order valence-electron chi connectivity index (χ3n) is 5.77. The fraction of sp³-hybridized carbons (Fsp3) is 0.522.